The van der Waals surface area contributed by atoms with Crippen LogP contribution in [0.5, 0.6) is 0 Å². The molecule has 1 aliphatic heterocycles. The summed E-state index contributed by atoms with van der Waals surface area (Å²) in [5.41, 5.74) is 1.42. The smallest absolute Gasteiger partial charge is 0.0940 e. The summed E-state index contributed by atoms with van der Waals surface area (Å²) in [7, 11) is 0. The van der Waals surface area contributed by atoms with Crippen molar-refractivity contribution in [1.82, 2.24) is 10.3 Å². The van der Waals surface area contributed by atoms with Gasteiger partial charge in [0.1, 0.15) is 0 Å². The molecular weight excluding hydrogens is 256 g/mol. The van der Waals surface area contributed by atoms with Gasteiger partial charge in [0.25, 0.3) is 0 Å². The van der Waals surface area contributed by atoms with E-state index in [1.807, 2.05) is 0 Å². The van der Waals surface area contributed by atoms with E-state index in [-0.39, 0.29) is 5.41 Å². The average Bonchev–Trinajstić information content (AvgIpc) is 2.80. The van der Waals surface area contributed by atoms with Crippen molar-refractivity contribution in [2.24, 2.45) is 11.3 Å². The maximum Gasteiger partial charge on any atom is 0.0940 e. The number of nitrogens with one attached hydrogen (secondary N) is 1. The number of hydrogen-bond acceptors (Lipinski definition) is 4. The molecule has 0 aromatic carbocycles. The zero-order valence-corrected chi connectivity index (χ0v) is 12.9. The van der Waals surface area contributed by atoms with Crippen LogP contribution in [0.4, 0.5) is 0 Å². The summed E-state index contributed by atoms with van der Waals surface area (Å²) in [5, 5.41) is 7.13. The van der Waals surface area contributed by atoms with E-state index in [0.29, 0.717) is 12.1 Å². The molecule has 0 bridgehead atoms. The molecule has 19 heavy (non-hydrogen) atoms. The Labute approximate surface area is 119 Å². The molecule has 1 N–H and O–H groups in total. The molecule has 3 nitrogen and oxygen atoms in total. The molecule has 2 aliphatic rings. The largest absolute Gasteiger partial charge is 0.377 e. The summed E-state index contributed by atoms with van der Waals surface area (Å²) in [6.45, 7) is 8.72. The van der Waals surface area contributed by atoms with Gasteiger partial charge in [-0.25, -0.2) is 4.98 Å². The molecule has 2 heterocycles. The second kappa shape index (κ2) is 5.15. The van der Waals surface area contributed by atoms with Crippen LogP contribution in [-0.4, -0.2) is 30.3 Å². The molecule has 0 spiro atoms. The second-order valence-electron chi connectivity index (χ2n) is 6.48. The highest BCUT2D eigenvalue weighted by Gasteiger charge is 2.57. The quantitative estimate of drug-likeness (QED) is 0.921. The third-order valence-corrected chi connectivity index (χ3v) is 5.73. The van der Waals surface area contributed by atoms with Crippen molar-refractivity contribution >= 4 is 11.3 Å². The van der Waals surface area contributed by atoms with Crippen molar-refractivity contribution in [1.29, 1.82) is 0 Å². The van der Waals surface area contributed by atoms with Crippen LogP contribution in [0.25, 0.3) is 0 Å². The van der Waals surface area contributed by atoms with E-state index in [1.54, 1.807) is 11.3 Å². The molecule has 0 radical (unpaired) electrons. The minimum atomic E-state index is 0.282. The normalized spacial score (nSPS) is 32.7. The van der Waals surface area contributed by atoms with Crippen molar-refractivity contribution in [3.63, 3.8) is 0 Å². The predicted octanol–water partition coefficient (Wildman–Crippen LogP) is 2.79. The molecule has 1 saturated carbocycles. The Balaban J connectivity index is 1.52. The molecule has 0 amide bonds. The summed E-state index contributed by atoms with van der Waals surface area (Å²) in [4.78, 5) is 4.52. The van der Waals surface area contributed by atoms with E-state index >= 15 is 0 Å². The number of aryl methyl sites for hydroxylation is 1. The first-order valence-corrected chi connectivity index (χ1v) is 8.23. The molecule has 3 rings (SSSR count). The fourth-order valence-electron chi connectivity index (χ4n) is 3.79. The first-order chi connectivity index (χ1) is 9.09. The lowest BCUT2D eigenvalue weighted by atomic mass is 9.55. The zero-order valence-electron chi connectivity index (χ0n) is 12.1. The van der Waals surface area contributed by atoms with Crippen LogP contribution in [0.3, 0.4) is 0 Å². The second-order valence-corrected chi connectivity index (χ2v) is 7.43. The Hall–Kier alpha value is -0.450. The van der Waals surface area contributed by atoms with E-state index < -0.39 is 0 Å². The Kier molecular flexibility index (Phi) is 3.67. The van der Waals surface area contributed by atoms with E-state index in [1.165, 1.54) is 17.8 Å². The number of rotatable bonds is 4. The maximum atomic E-state index is 5.94. The van der Waals surface area contributed by atoms with Gasteiger partial charge in [0.2, 0.25) is 0 Å². The van der Waals surface area contributed by atoms with Crippen LogP contribution in [0.15, 0.2) is 5.38 Å². The first-order valence-electron chi connectivity index (χ1n) is 7.35. The lowest BCUT2D eigenvalue weighted by Gasteiger charge is -2.60. The minimum absolute atomic E-state index is 0.282. The van der Waals surface area contributed by atoms with Crippen LogP contribution >= 0.6 is 11.3 Å². The SMILES string of the molecule is Cc1csc(CCNC2C3CCCOC3C2(C)C)n1. The van der Waals surface area contributed by atoms with Crippen molar-refractivity contribution in [3.05, 3.63) is 16.1 Å². The molecule has 2 fully saturated rings. The summed E-state index contributed by atoms with van der Waals surface area (Å²) < 4.78 is 5.94. The van der Waals surface area contributed by atoms with Crippen LogP contribution in [0.2, 0.25) is 0 Å². The van der Waals surface area contributed by atoms with Gasteiger partial charge in [0.15, 0.2) is 0 Å². The molecule has 4 heteroatoms. The predicted molar refractivity (Wildman–Crippen MR) is 78.6 cm³/mol. The molecule has 1 aromatic rings. The monoisotopic (exact) mass is 280 g/mol. The summed E-state index contributed by atoms with van der Waals surface area (Å²) in [6, 6.07) is 0.610. The fourth-order valence-corrected chi connectivity index (χ4v) is 4.56. The lowest BCUT2D eigenvalue weighted by molar-refractivity contribution is -0.192. The molecular formula is C15H24N2OS. The van der Waals surface area contributed by atoms with Crippen LogP contribution in [0, 0.1) is 18.3 Å². The number of fused-ring (bicyclic) bond motifs is 1. The van der Waals surface area contributed by atoms with Crippen molar-refractivity contribution in [3.8, 4) is 0 Å². The van der Waals surface area contributed by atoms with Crippen molar-refractivity contribution in [2.45, 2.75) is 52.2 Å². The van der Waals surface area contributed by atoms with Gasteiger partial charge < -0.3 is 10.1 Å². The van der Waals surface area contributed by atoms with Gasteiger partial charge in [0, 0.05) is 48.0 Å². The summed E-state index contributed by atoms with van der Waals surface area (Å²) in [5.74, 6) is 0.724. The fraction of sp³-hybridized carbons (Fsp3) is 0.800. The van der Waals surface area contributed by atoms with E-state index in [9.17, 15) is 0 Å². The highest BCUT2D eigenvalue weighted by Crippen LogP contribution is 2.51. The van der Waals surface area contributed by atoms with Crippen molar-refractivity contribution in [2.75, 3.05) is 13.2 Å². The third kappa shape index (κ3) is 2.46. The van der Waals surface area contributed by atoms with Crippen molar-refractivity contribution < 1.29 is 4.74 Å². The van der Waals surface area contributed by atoms with Gasteiger partial charge in [-0.15, -0.1) is 11.3 Å². The van der Waals surface area contributed by atoms with Crippen LogP contribution in [-0.2, 0) is 11.2 Å². The Morgan fingerprint density at radius 3 is 3.11 bits per heavy atom. The van der Waals surface area contributed by atoms with Gasteiger partial charge in [-0.3, -0.25) is 0 Å². The zero-order chi connectivity index (χ0) is 13.5. The lowest BCUT2D eigenvalue weighted by Crippen LogP contribution is -2.69. The maximum absolute atomic E-state index is 5.94. The topological polar surface area (TPSA) is 34.1 Å². The Morgan fingerprint density at radius 1 is 1.53 bits per heavy atom. The Morgan fingerprint density at radius 2 is 2.37 bits per heavy atom. The summed E-state index contributed by atoms with van der Waals surface area (Å²) in [6.07, 6.45) is 4.06. The molecule has 3 atom stereocenters. The van der Waals surface area contributed by atoms with E-state index in [2.05, 4.69) is 36.5 Å². The van der Waals surface area contributed by atoms with Gasteiger partial charge in [-0.1, -0.05) is 13.8 Å². The molecule has 106 valence electrons. The van der Waals surface area contributed by atoms with Gasteiger partial charge in [-0.05, 0) is 19.8 Å². The van der Waals surface area contributed by atoms with Crippen LogP contribution in [0.1, 0.15) is 37.4 Å². The molecule has 1 saturated heterocycles. The number of nitrogens with zero attached hydrogens (tertiary/aromatic N) is 1. The molecule has 3 unspecified atom stereocenters. The average molecular weight is 280 g/mol. The number of thiazole rings is 1. The summed E-state index contributed by atoms with van der Waals surface area (Å²) >= 11 is 1.77. The minimum Gasteiger partial charge on any atom is -0.377 e. The number of ether oxygens (including phenoxy) is 1. The highest BCUT2D eigenvalue weighted by atomic mass is 32.1. The first kappa shape index (κ1) is 13.5. The Bertz CT molecular complexity index is 443. The van der Waals surface area contributed by atoms with Crippen LogP contribution < -0.4 is 5.32 Å². The third-order valence-electron chi connectivity index (χ3n) is 4.70. The number of aromatic nitrogens is 1. The van der Waals surface area contributed by atoms with Gasteiger partial charge >= 0.3 is 0 Å². The molecule has 1 aromatic heterocycles. The standard InChI is InChI=1S/C15H24N2OS/c1-10-9-19-12(17-10)6-7-16-13-11-5-4-8-18-14(11)15(13,2)3/h9,11,13-14,16H,4-8H2,1-3H3. The van der Waals surface area contributed by atoms with Gasteiger partial charge in [-0.2, -0.15) is 0 Å². The number of hydrogen-bond donors (Lipinski definition) is 1. The molecule has 1 aliphatic carbocycles. The van der Waals surface area contributed by atoms with Gasteiger partial charge in [0.05, 0.1) is 11.1 Å². The van der Waals surface area contributed by atoms with E-state index in [0.717, 1.165) is 31.2 Å². The van der Waals surface area contributed by atoms with E-state index in [4.69, 9.17) is 4.74 Å². The highest BCUT2D eigenvalue weighted by molar-refractivity contribution is 7.09.